The van der Waals surface area contributed by atoms with Crippen molar-refractivity contribution in [2.45, 2.75) is 25.7 Å². The van der Waals surface area contributed by atoms with E-state index in [0.717, 1.165) is 48.7 Å². The van der Waals surface area contributed by atoms with Crippen molar-refractivity contribution in [2.75, 3.05) is 6.54 Å². The summed E-state index contributed by atoms with van der Waals surface area (Å²) in [4.78, 5) is 8.86. The predicted molar refractivity (Wildman–Crippen MR) is 81.6 cm³/mol. The number of aromatic nitrogens is 3. The number of nitrogens with two attached hydrogens (primary N) is 1. The summed E-state index contributed by atoms with van der Waals surface area (Å²) in [7, 11) is 0. The zero-order valence-electron chi connectivity index (χ0n) is 11.8. The molecule has 3 aromatic rings. The first-order chi connectivity index (χ1) is 10.4. The number of aryl methyl sites for hydroxylation is 1. The Labute approximate surface area is 123 Å². The smallest absolute Gasteiger partial charge is 0.227 e. The van der Waals surface area contributed by atoms with Crippen LogP contribution in [0.1, 0.15) is 25.2 Å². The molecule has 5 heteroatoms. The lowest BCUT2D eigenvalue weighted by molar-refractivity contribution is 0.374. The summed E-state index contributed by atoms with van der Waals surface area (Å²) < 4.78 is 5.32. The van der Waals surface area contributed by atoms with Gasteiger partial charge in [0.25, 0.3) is 0 Å². The van der Waals surface area contributed by atoms with Gasteiger partial charge in [0.2, 0.25) is 11.7 Å². The topological polar surface area (TPSA) is 77.8 Å². The lowest BCUT2D eigenvalue weighted by Crippen LogP contribution is -1.98. The highest BCUT2D eigenvalue weighted by Gasteiger charge is 2.12. The molecule has 0 aliphatic carbocycles. The molecule has 0 bridgehead atoms. The van der Waals surface area contributed by atoms with Crippen LogP contribution in [0, 0.1) is 0 Å². The van der Waals surface area contributed by atoms with Crippen molar-refractivity contribution >= 4 is 10.8 Å². The summed E-state index contributed by atoms with van der Waals surface area (Å²) in [6, 6.07) is 10.0. The zero-order valence-corrected chi connectivity index (χ0v) is 11.8. The fourth-order valence-corrected chi connectivity index (χ4v) is 2.35. The van der Waals surface area contributed by atoms with Crippen LogP contribution in [0.15, 0.2) is 41.1 Å². The van der Waals surface area contributed by atoms with Crippen LogP contribution in [0.3, 0.4) is 0 Å². The standard InChI is InChI=1S/C16H18N4O/c17-10-5-1-2-8-14-19-16(20-21-14)15-13-7-4-3-6-12(13)9-11-18-15/h3-4,6-7,9,11H,1-2,5,8,10,17H2. The van der Waals surface area contributed by atoms with E-state index in [1.807, 2.05) is 30.3 Å². The van der Waals surface area contributed by atoms with Gasteiger partial charge in [-0.25, -0.2) is 0 Å². The number of rotatable bonds is 6. The Morgan fingerprint density at radius 3 is 2.86 bits per heavy atom. The molecule has 2 N–H and O–H groups in total. The lowest BCUT2D eigenvalue weighted by atomic mass is 10.1. The molecule has 2 aromatic heterocycles. The second kappa shape index (κ2) is 6.45. The second-order valence-corrected chi connectivity index (χ2v) is 4.99. The molecule has 0 fully saturated rings. The molecule has 3 rings (SSSR count). The van der Waals surface area contributed by atoms with Gasteiger partial charge in [-0.05, 0) is 30.8 Å². The highest BCUT2D eigenvalue weighted by molar-refractivity contribution is 5.92. The normalized spacial score (nSPS) is 11.1. The number of hydrogen-bond donors (Lipinski definition) is 1. The average molecular weight is 282 g/mol. The molecule has 0 saturated heterocycles. The third kappa shape index (κ3) is 3.08. The van der Waals surface area contributed by atoms with E-state index in [1.54, 1.807) is 6.20 Å². The maximum Gasteiger partial charge on any atom is 0.227 e. The average Bonchev–Trinajstić information content (AvgIpc) is 3.00. The molecule has 0 aliphatic rings. The molecule has 5 nitrogen and oxygen atoms in total. The Kier molecular flexibility index (Phi) is 4.21. The van der Waals surface area contributed by atoms with Crippen molar-refractivity contribution in [1.82, 2.24) is 15.1 Å². The van der Waals surface area contributed by atoms with Crippen molar-refractivity contribution in [1.29, 1.82) is 0 Å². The van der Waals surface area contributed by atoms with Gasteiger partial charge in [0.15, 0.2) is 0 Å². The van der Waals surface area contributed by atoms with E-state index in [-0.39, 0.29) is 0 Å². The third-order valence-electron chi connectivity index (χ3n) is 3.45. The van der Waals surface area contributed by atoms with Crippen LogP contribution < -0.4 is 5.73 Å². The SMILES string of the molecule is NCCCCCc1nc(-c2nccc3ccccc23)no1. The first-order valence-corrected chi connectivity index (χ1v) is 7.25. The Bertz CT molecular complexity index is 718. The van der Waals surface area contributed by atoms with Crippen LogP contribution in [0.25, 0.3) is 22.3 Å². The Hall–Kier alpha value is -2.27. The number of hydrogen-bond acceptors (Lipinski definition) is 5. The largest absolute Gasteiger partial charge is 0.339 e. The Morgan fingerprint density at radius 2 is 1.95 bits per heavy atom. The van der Waals surface area contributed by atoms with E-state index in [0.29, 0.717) is 11.7 Å². The summed E-state index contributed by atoms with van der Waals surface area (Å²) in [6.45, 7) is 0.731. The van der Waals surface area contributed by atoms with E-state index in [2.05, 4.69) is 15.1 Å². The lowest BCUT2D eigenvalue weighted by Gasteiger charge is -2.00. The fraction of sp³-hybridized carbons (Fsp3) is 0.312. The van der Waals surface area contributed by atoms with Gasteiger partial charge in [-0.3, -0.25) is 4.98 Å². The quantitative estimate of drug-likeness (QED) is 0.703. The Balaban J connectivity index is 1.81. The van der Waals surface area contributed by atoms with Crippen LogP contribution >= 0.6 is 0 Å². The van der Waals surface area contributed by atoms with E-state index in [4.69, 9.17) is 10.3 Å². The van der Waals surface area contributed by atoms with Crippen LogP contribution in [0.5, 0.6) is 0 Å². The fourth-order valence-electron chi connectivity index (χ4n) is 2.35. The molecule has 0 atom stereocenters. The van der Waals surface area contributed by atoms with Gasteiger partial charge in [-0.15, -0.1) is 0 Å². The summed E-state index contributed by atoms with van der Waals surface area (Å²) in [5, 5.41) is 6.22. The monoisotopic (exact) mass is 282 g/mol. The zero-order chi connectivity index (χ0) is 14.5. The van der Waals surface area contributed by atoms with Gasteiger partial charge in [0, 0.05) is 18.0 Å². The van der Waals surface area contributed by atoms with Crippen molar-refractivity contribution < 1.29 is 4.52 Å². The first kappa shape index (κ1) is 13.7. The predicted octanol–water partition coefficient (Wildman–Crippen LogP) is 2.96. The second-order valence-electron chi connectivity index (χ2n) is 4.99. The highest BCUT2D eigenvalue weighted by Crippen LogP contribution is 2.24. The van der Waals surface area contributed by atoms with E-state index in [9.17, 15) is 0 Å². The van der Waals surface area contributed by atoms with Crippen LogP contribution in [-0.4, -0.2) is 21.7 Å². The van der Waals surface area contributed by atoms with Gasteiger partial charge in [0.1, 0.15) is 5.69 Å². The number of nitrogens with zero attached hydrogens (tertiary/aromatic N) is 3. The van der Waals surface area contributed by atoms with Crippen molar-refractivity contribution in [3.8, 4) is 11.5 Å². The minimum absolute atomic E-state index is 0.556. The maximum absolute atomic E-state index is 5.48. The molecule has 0 saturated carbocycles. The molecule has 108 valence electrons. The maximum atomic E-state index is 5.48. The van der Waals surface area contributed by atoms with Crippen LogP contribution in [-0.2, 0) is 6.42 Å². The van der Waals surface area contributed by atoms with Gasteiger partial charge in [0.05, 0.1) is 0 Å². The first-order valence-electron chi connectivity index (χ1n) is 7.25. The van der Waals surface area contributed by atoms with Crippen LogP contribution in [0.2, 0.25) is 0 Å². The molecule has 0 amide bonds. The van der Waals surface area contributed by atoms with Gasteiger partial charge in [-0.2, -0.15) is 4.98 Å². The summed E-state index contributed by atoms with van der Waals surface area (Å²) in [5.41, 5.74) is 6.25. The van der Waals surface area contributed by atoms with Crippen molar-refractivity contribution in [3.63, 3.8) is 0 Å². The molecule has 1 aromatic carbocycles. The number of benzene rings is 1. The highest BCUT2D eigenvalue weighted by atomic mass is 16.5. The third-order valence-corrected chi connectivity index (χ3v) is 3.45. The van der Waals surface area contributed by atoms with Crippen LogP contribution in [0.4, 0.5) is 0 Å². The number of fused-ring (bicyclic) bond motifs is 1. The minimum Gasteiger partial charge on any atom is -0.339 e. The van der Waals surface area contributed by atoms with E-state index >= 15 is 0 Å². The minimum atomic E-state index is 0.556. The number of pyridine rings is 1. The summed E-state index contributed by atoms with van der Waals surface area (Å²) >= 11 is 0. The van der Waals surface area contributed by atoms with E-state index in [1.165, 1.54) is 0 Å². The van der Waals surface area contributed by atoms with E-state index < -0.39 is 0 Å². The van der Waals surface area contributed by atoms with Gasteiger partial charge >= 0.3 is 0 Å². The molecular weight excluding hydrogens is 264 g/mol. The molecule has 0 spiro atoms. The molecule has 0 aliphatic heterocycles. The van der Waals surface area contributed by atoms with Gasteiger partial charge in [-0.1, -0.05) is 35.8 Å². The van der Waals surface area contributed by atoms with Crippen molar-refractivity contribution in [3.05, 3.63) is 42.4 Å². The molecule has 21 heavy (non-hydrogen) atoms. The van der Waals surface area contributed by atoms with Gasteiger partial charge < -0.3 is 10.3 Å². The summed E-state index contributed by atoms with van der Waals surface area (Å²) in [5.74, 6) is 1.22. The molecule has 0 unspecified atom stereocenters. The molecule has 0 radical (unpaired) electrons. The summed E-state index contributed by atoms with van der Waals surface area (Å²) in [6.07, 6.45) is 5.70. The molecule has 2 heterocycles. The Morgan fingerprint density at radius 1 is 1.05 bits per heavy atom. The molecular formula is C16H18N4O. The number of unbranched alkanes of at least 4 members (excludes halogenated alkanes) is 2. The van der Waals surface area contributed by atoms with Crippen molar-refractivity contribution in [2.24, 2.45) is 5.73 Å².